The van der Waals surface area contributed by atoms with E-state index in [1.54, 1.807) is 0 Å². The van der Waals surface area contributed by atoms with Gasteiger partial charge < -0.3 is 5.32 Å². The SMILES string of the molecule is CCc1ccc2ncc(-n3cc(-c4cc(C(=O)NC5CC5)ccc4C)cn3)n2c1. The summed E-state index contributed by atoms with van der Waals surface area (Å²) in [4.78, 5) is 16.9. The molecule has 0 spiro atoms. The van der Waals surface area contributed by atoms with Crippen molar-refractivity contribution in [2.45, 2.75) is 39.2 Å². The Morgan fingerprint density at radius 2 is 2.03 bits per heavy atom. The van der Waals surface area contributed by atoms with Gasteiger partial charge in [0.2, 0.25) is 0 Å². The largest absolute Gasteiger partial charge is 0.349 e. The number of hydrogen-bond donors (Lipinski definition) is 1. The number of fused-ring (bicyclic) bond motifs is 1. The number of aromatic nitrogens is 4. The monoisotopic (exact) mass is 385 g/mol. The van der Waals surface area contributed by atoms with Crippen molar-refractivity contribution in [2.75, 3.05) is 0 Å². The summed E-state index contributed by atoms with van der Waals surface area (Å²) in [5, 5.41) is 7.63. The van der Waals surface area contributed by atoms with Gasteiger partial charge in [0, 0.05) is 29.6 Å². The van der Waals surface area contributed by atoms with E-state index in [-0.39, 0.29) is 5.91 Å². The topological polar surface area (TPSA) is 64.2 Å². The van der Waals surface area contributed by atoms with Crippen molar-refractivity contribution >= 4 is 11.6 Å². The number of nitrogens with zero attached hydrogens (tertiary/aromatic N) is 4. The van der Waals surface area contributed by atoms with Gasteiger partial charge in [-0.2, -0.15) is 5.10 Å². The molecule has 29 heavy (non-hydrogen) atoms. The van der Waals surface area contributed by atoms with Crippen molar-refractivity contribution in [1.29, 1.82) is 0 Å². The maximum Gasteiger partial charge on any atom is 0.251 e. The number of nitrogens with one attached hydrogen (secondary N) is 1. The number of benzene rings is 1. The molecule has 1 aromatic carbocycles. The minimum Gasteiger partial charge on any atom is -0.349 e. The predicted octanol–water partition coefficient (Wildman–Crippen LogP) is 3.95. The minimum atomic E-state index is -0.00461. The lowest BCUT2D eigenvalue weighted by molar-refractivity contribution is 0.0951. The molecule has 0 aliphatic heterocycles. The molecule has 5 rings (SSSR count). The first-order valence-corrected chi connectivity index (χ1v) is 10.1. The van der Waals surface area contributed by atoms with Crippen LogP contribution in [0, 0.1) is 6.92 Å². The second kappa shape index (κ2) is 6.88. The quantitative estimate of drug-likeness (QED) is 0.566. The zero-order chi connectivity index (χ0) is 20.0. The van der Waals surface area contributed by atoms with Crippen LogP contribution < -0.4 is 5.32 Å². The van der Waals surface area contributed by atoms with Gasteiger partial charge in [-0.3, -0.25) is 9.20 Å². The normalized spacial score (nSPS) is 13.7. The fourth-order valence-corrected chi connectivity index (χ4v) is 3.55. The summed E-state index contributed by atoms with van der Waals surface area (Å²) in [6, 6.07) is 10.3. The Morgan fingerprint density at radius 3 is 2.83 bits per heavy atom. The Balaban J connectivity index is 1.51. The fraction of sp³-hybridized carbons (Fsp3) is 0.261. The average molecular weight is 385 g/mol. The third kappa shape index (κ3) is 3.31. The zero-order valence-electron chi connectivity index (χ0n) is 16.6. The molecule has 1 amide bonds. The first-order valence-electron chi connectivity index (χ1n) is 10.1. The van der Waals surface area contributed by atoms with E-state index >= 15 is 0 Å². The molecule has 6 nitrogen and oxygen atoms in total. The third-order valence-electron chi connectivity index (χ3n) is 5.50. The van der Waals surface area contributed by atoms with Crippen LogP contribution in [0.4, 0.5) is 0 Å². The number of carbonyl (C=O) groups is 1. The first kappa shape index (κ1) is 17.7. The summed E-state index contributed by atoms with van der Waals surface area (Å²) in [6.45, 7) is 4.19. The molecular weight excluding hydrogens is 362 g/mol. The molecule has 4 aromatic rings. The Kier molecular flexibility index (Phi) is 4.19. The van der Waals surface area contributed by atoms with E-state index in [1.807, 2.05) is 47.5 Å². The lowest BCUT2D eigenvalue weighted by Crippen LogP contribution is -2.25. The van der Waals surface area contributed by atoms with Gasteiger partial charge >= 0.3 is 0 Å². The number of pyridine rings is 1. The van der Waals surface area contributed by atoms with Crippen LogP contribution in [0.15, 0.2) is 55.1 Å². The number of amides is 1. The smallest absolute Gasteiger partial charge is 0.251 e. The van der Waals surface area contributed by atoms with Gasteiger partial charge in [-0.25, -0.2) is 9.67 Å². The molecule has 0 saturated heterocycles. The highest BCUT2D eigenvalue weighted by atomic mass is 16.1. The van der Waals surface area contributed by atoms with E-state index in [9.17, 15) is 4.79 Å². The molecule has 146 valence electrons. The van der Waals surface area contributed by atoms with Crippen molar-refractivity contribution in [3.63, 3.8) is 0 Å². The van der Waals surface area contributed by atoms with Crippen molar-refractivity contribution in [3.8, 4) is 16.9 Å². The van der Waals surface area contributed by atoms with Crippen molar-refractivity contribution in [2.24, 2.45) is 0 Å². The van der Waals surface area contributed by atoms with Gasteiger partial charge in [0.25, 0.3) is 5.91 Å². The Labute approximate surface area is 169 Å². The number of aryl methyl sites for hydroxylation is 2. The number of hydrogen-bond acceptors (Lipinski definition) is 3. The lowest BCUT2D eigenvalue weighted by Gasteiger charge is -2.08. The second-order valence-corrected chi connectivity index (χ2v) is 7.69. The van der Waals surface area contributed by atoms with Crippen LogP contribution in [0.1, 0.15) is 41.3 Å². The van der Waals surface area contributed by atoms with Crippen LogP contribution in [0.2, 0.25) is 0 Å². The first-order chi connectivity index (χ1) is 14.1. The highest BCUT2D eigenvalue weighted by Crippen LogP contribution is 2.26. The van der Waals surface area contributed by atoms with Gasteiger partial charge in [0.1, 0.15) is 5.65 Å². The van der Waals surface area contributed by atoms with E-state index in [2.05, 4.69) is 45.9 Å². The minimum absolute atomic E-state index is 0.00461. The molecule has 1 aliphatic rings. The van der Waals surface area contributed by atoms with Gasteiger partial charge in [-0.1, -0.05) is 19.1 Å². The summed E-state index contributed by atoms with van der Waals surface area (Å²) in [5.74, 6) is 0.886. The molecule has 3 heterocycles. The Morgan fingerprint density at radius 1 is 1.17 bits per heavy atom. The molecule has 6 heteroatoms. The standard InChI is InChI=1S/C23H23N5O/c1-3-16-5-9-21-24-12-22(27(21)13-16)28-14-18(11-25-28)20-10-17(6-4-15(20)2)23(29)26-19-7-8-19/h4-6,9-14,19H,3,7-8H2,1-2H3,(H,26,29). The molecule has 1 aliphatic carbocycles. The molecule has 0 radical (unpaired) electrons. The molecule has 3 aromatic heterocycles. The molecular formula is C23H23N5O. The summed E-state index contributed by atoms with van der Waals surface area (Å²) in [5.41, 5.74) is 5.93. The van der Waals surface area contributed by atoms with Gasteiger partial charge in [0.05, 0.1) is 12.4 Å². The highest BCUT2D eigenvalue weighted by Gasteiger charge is 2.24. The molecule has 1 saturated carbocycles. The van der Waals surface area contributed by atoms with Gasteiger partial charge in [-0.15, -0.1) is 0 Å². The maximum absolute atomic E-state index is 12.4. The highest BCUT2D eigenvalue weighted by molar-refractivity contribution is 5.96. The summed E-state index contributed by atoms with van der Waals surface area (Å²) < 4.78 is 3.90. The Hall–Kier alpha value is -3.41. The third-order valence-corrected chi connectivity index (χ3v) is 5.50. The van der Waals surface area contributed by atoms with Crippen molar-refractivity contribution in [1.82, 2.24) is 24.5 Å². The summed E-state index contributed by atoms with van der Waals surface area (Å²) in [6.07, 6.45) is 10.9. The maximum atomic E-state index is 12.4. The van der Waals surface area contributed by atoms with E-state index in [0.29, 0.717) is 11.6 Å². The van der Waals surface area contributed by atoms with Crippen LogP contribution in [0.5, 0.6) is 0 Å². The van der Waals surface area contributed by atoms with Gasteiger partial charge in [0.15, 0.2) is 5.82 Å². The molecule has 1 N–H and O–H groups in total. The van der Waals surface area contributed by atoms with Crippen LogP contribution in [-0.4, -0.2) is 31.1 Å². The second-order valence-electron chi connectivity index (χ2n) is 7.69. The van der Waals surface area contributed by atoms with E-state index in [0.717, 1.165) is 47.4 Å². The average Bonchev–Trinajstić information content (AvgIpc) is 3.25. The molecule has 1 fully saturated rings. The van der Waals surface area contributed by atoms with Crippen LogP contribution >= 0.6 is 0 Å². The number of rotatable bonds is 5. The van der Waals surface area contributed by atoms with Crippen molar-refractivity contribution in [3.05, 3.63) is 71.8 Å². The summed E-state index contributed by atoms with van der Waals surface area (Å²) >= 11 is 0. The van der Waals surface area contributed by atoms with Crippen LogP contribution in [-0.2, 0) is 6.42 Å². The van der Waals surface area contributed by atoms with Crippen LogP contribution in [0.25, 0.3) is 22.6 Å². The Bertz CT molecular complexity index is 1220. The summed E-state index contributed by atoms with van der Waals surface area (Å²) in [7, 11) is 0. The molecule has 0 bridgehead atoms. The van der Waals surface area contributed by atoms with Crippen molar-refractivity contribution < 1.29 is 4.79 Å². The van der Waals surface area contributed by atoms with Gasteiger partial charge in [-0.05, 0) is 61.1 Å². The number of imidazole rings is 1. The van der Waals surface area contributed by atoms with E-state index in [1.165, 1.54) is 5.56 Å². The fourth-order valence-electron chi connectivity index (χ4n) is 3.55. The molecule has 0 unspecified atom stereocenters. The van der Waals surface area contributed by atoms with E-state index in [4.69, 9.17) is 0 Å². The number of carbonyl (C=O) groups excluding carboxylic acids is 1. The van der Waals surface area contributed by atoms with Crippen LogP contribution in [0.3, 0.4) is 0 Å². The predicted molar refractivity (Wildman–Crippen MR) is 112 cm³/mol. The lowest BCUT2D eigenvalue weighted by atomic mass is 10.0. The molecule has 0 atom stereocenters. The van der Waals surface area contributed by atoms with E-state index < -0.39 is 0 Å². The zero-order valence-corrected chi connectivity index (χ0v) is 16.6.